The van der Waals surface area contributed by atoms with Crippen LogP contribution in [0.25, 0.3) is 0 Å². The predicted octanol–water partition coefficient (Wildman–Crippen LogP) is 2.47. The van der Waals surface area contributed by atoms with Crippen molar-refractivity contribution >= 4 is 23.2 Å². The number of carboxylic acid groups (broad SMARTS) is 1. The number of rotatable bonds is 3. The maximum Gasteiger partial charge on any atom is 0.347 e. The highest BCUT2D eigenvalue weighted by Crippen LogP contribution is 2.31. The number of carboxylic acids is 1. The molecule has 0 unspecified atom stereocenters. The average molecular weight is 335 g/mol. The van der Waals surface area contributed by atoms with E-state index in [-0.39, 0.29) is 16.7 Å². The van der Waals surface area contributed by atoms with Crippen molar-refractivity contribution in [2.45, 2.75) is 32.6 Å². The minimum Gasteiger partial charge on any atom is -0.477 e. The number of piperidine rings is 1. The lowest BCUT2D eigenvalue weighted by Crippen LogP contribution is -2.38. The van der Waals surface area contributed by atoms with Gasteiger partial charge in [0.15, 0.2) is 0 Å². The standard InChI is InChI=1S/C15H17N3O4S/c1-8-12(9(2)22-17-8)14(19)18-5-3-10(4-6-18)13-16-7-11(23-13)15(20)21/h7,10H,3-6H2,1-2H3,(H,20,21). The Labute approximate surface area is 136 Å². The first-order valence-corrected chi connectivity index (χ1v) is 8.20. The number of hydrogen-bond donors (Lipinski definition) is 1. The molecule has 1 N–H and O–H groups in total. The van der Waals surface area contributed by atoms with E-state index < -0.39 is 5.97 Å². The molecule has 2 aromatic rings. The molecule has 2 aromatic heterocycles. The Kier molecular flexibility index (Phi) is 4.16. The first-order valence-electron chi connectivity index (χ1n) is 7.38. The molecule has 3 rings (SSSR count). The lowest BCUT2D eigenvalue weighted by Gasteiger charge is -2.31. The van der Waals surface area contributed by atoms with Gasteiger partial charge in [0.25, 0.3) is 5.91 Å². The van der Waals surface area contributed by atoms with E-state index in [0.717, 1.165) is 17.8 Å². The zero-order valence-electron chi connectivity index (χ0n) is 12.9. The predicted molar refractivity (Wildman–Crippen MR) is 82.9 cm³/mol. The highest BCUT2D eigenvalue weighted by molar-refractivity contribution is 7.13. The number of aryl methyl sites for hydroxylation is 2. The van der Waals surface area contributed by atoms with Crippen LogP contribution in [0.4, 0.5) is 0 Å². The summed E-state index contributed by atoms with van der Waals surface area (Å²) in [6, 6.07) is 0. The van der Waals surface area contributed by atoms with Crippen LogP contribution in [0.5, 0.6) is 0 Å². The van der Waals surface area contributed by atoms with Crippen molar-refractivity contribution in [1.29, 1.82) is 0 Å². The van der Waals surface area contributed by atoms with Crippen molar-refractivity contribution < 1.29 is 19.2 Å². The van der Waals surface area contributed by atoms with Crippen LogP contribution in [0.1, 0.15) is 55.3 Å². The Hall–Kier alpha value is -2.22. The Bertz CT molecular complexity index is 724. The van der Waals surface area contributed by atoms with Crippen molar-refractivity contribution in [3.05, 3.63) is 33.1 Å². The van der Waals surface area contributed by atoms with Crippen molar-refractivity contribution in [2.75, 3.05) is 13.1 Å². The number of aromatic carboxylic acids is 1. The van der Waals surface area contributed by atoms with Crippen LogP contribution < -0.4 is 0 Å². The van der Waals surface area contributed by atoms with E-state index in [1.807, 2.05) is 0 Å². The molecule has 1 fully saturated rings. The van der Waals surface area contributed by atoms with Crippen molar-refractivity contribution in [1.82, 2.24) is 15.0 Å². The van der Waals surface area contributed by atoms with Gasteiger partial charge in [-0.15, -0.1) is 11.3 Å². The molecule has 8 heteroatoms. The van der Waals surface area contributed by atoms with Crippen molar-refractivity contribution in [3.8, 4) is 0 Å². The molecule has 0 aromatic carbocycles. The summed E-state index contributed by atoms with van der Waals surface area (Å²) < 4.78 is 5.06. The summed E-state index contributed by atoms with van der Waals surface area (Å²) in [7, 11) is 0. The van der Waals surface area contributed by atoms with Crippen LogP contribution in [-0.2, 0) is 0 Å². The summed E-state index contributed by atoms with van der Waals surface area (Å²) in [4.78, 5) is 29.8. The zero-order chi connectivity index (χ0) is 16.6. The molecule has 7 nitrogen and oxygen atoms in total. The minimum absolute atomic E-state index is 0.0509. The van der Waals surface area contributed by atoms with E-state index in [1.54, 1.807) is 18.7 Å². The molecule has 3 heterocycles. The fourth-order valence-corrected chi connectivity index (χ4v) is 3.78. The van der Waals surface area contributed by atoms with Crippen molar-refractivity contribution in [3.63, 3.8) is 0 Å². The number of nitrogens with zero attached hydrogens (tertiary/aromatic N) is 3. The second-order valence-electron chi connectivity index (χ2n) is 5.63. The van der Waals surface area contributed by atoms with Crippen LogP contribution in [0, 0.1) is 13.8 Å². The highest BCUT2D eigenvalue weighted by Gasteiger charge is 2.29. The van der Waals surface area contributed by atoms with Crippen LogP contribution >= 0.6 is 11.3 Å². The molecule has 0 spiro atoms. The number of carbonyl (C=O) groups excluding carboxylic acids is 1. The molecule has 0 bridgehead atoms. The highest BCUT2D eigenvalue weighted by atomic mass is 32.1. The summed E-state index contributed by atoms with van der Waals surface area (Å²) in [6.45, 7) is 4.74. The summed E-state index contributed by atoms with van der Waals surface area (Å²) >= 11 is 1.22. The quantitative estimate of drug-likeness (QED) is 0.925. The van der Waals surface area contributed by atoms with E-state index in [0.29, 0.717) is 30.1 Å². The number of hydrogen-bond acceptors (Lipinski definition) is 6. The molecular formula is C15H17N3O4S. The second kappa shape index (κ2) is 6.11. The lowest BCUT2D eigenvalue weighted by atomic mass is 9.97. The Balaban J connectivity index is 1.66. The third-order valence-corrected chi connectivity index (χ3v) is 5.26. The van der Waals surface area contributed by atoms with Gasteiger partial charge in [-0.3, -0.25) is 4.79 Å². The number of likely N-dealkylation sites (tertiary alicyclic amines) is 1. The summed E-state index contributed by atoms with van der Waals surface area (Å²) in [5.41, 5.74) is 1.16. The van der Waals surface area contributed by atoms with Crippen LogP contribution in [0.3, 0.4) is 0 Å². The molecule has 0 radical (unpaired) electrons. The van der Waals surface area contributed by atoms with E-state index in [2.05, 4.69) is 10.1 Å². The molecule has 0 saturated carbocycles. The molecule has 1 aliphatic heterocycles. The molecule has 0 atom stereocenters. The largest absolute Gasteiger partial charge is 0.477 e. The lowest BCUT2D eigenvalue weighted by molar-refractivity contribution is 0.0696. The molecule has 23 heavy (non-hydrogen) atoms. The smallest absolute Gasteiger partial charge is 0.347 e. The number of aromatic nitrogens is 2. The van der Waals surface area contributed by atoms with E-state index >= 15 is 0 Å². The van der Waals surface area contributed by atoms with E-state index in [4.69, 9.17) is 9.63 Å². The number of carbonyl (C=O) groups is 2. The third-order valence-electron chi connectivity index (χ3n) is 4.11. The third kappa shape index (κ3) is 2.98. The maximum atomic E-state index is 12.6. The Morgan fingerprint density at radius 1 is 1.35 bits per heavy atom. The van der Waals surface area contributed by atoms with E-state index in [1.165, 1.54) is 17.5 Å². The van der Waals surface area contributed by atoms with Gasteiger partial charge in [-0.05, 0) is 26.7 Å². The summed E-state index contributed by atoms with van der Waals surface area (Å²) in [5.74, 6) is -0.243. The Morgan fingerprint density at radius 2 is 2.04 bits per heavy atom. The number of amides is 1. The van der Waals surface area contributed by atoms with Crippen LogP contribution in [0.2, 0.25) is 0 Å². The monoisotopic (exact) mass is 335 g/mol. The van der Waals surface area contributed by atoms with Gasteiger partial charge in [0, 0.05) is 19.0 Å². The molecule has 1 amide bonds. The van der Waals surface area contributed by atoms with E-state index in [9.17, 15) is 9.59 Å². The molecule has 0 aliphatic carbocycles. The minimum atomic E-state index is -0.945. The van der Waals surface area contributed by atoms with Gasteiger partial charge < -0.3 is 14.5 Å². The first-order chi connectivity index (χ1) is 11.0. The molecule has 1 saturated heterocycles. The summed E-state index contributed by atoms with van der Waals surface area (Å²) in [5, 5.41) is 13.6. The van der Waals surface area contributed by atoms with Gasteiger partial charge in [-0.25, -0.2) is 9.78 Å². The molecule has 122 valence electrons. The van der Waals surface area contributed by atoms with Gasteiger partial charge in [0.2, 0.25) is 0 Å². The molecular weight excluding hydrogens is 318 g/mol. The van der Waals surface area contributed by atoms with Crippen LogP contribution in [-0.4, -0.2) is 45.1 Å². The topological polar surface area (TPSA) is 96.5 Å². The van der Waals surface area contributed by atoms with Crippen molar-refractivity contribution in [2.24, 2.45) is 0 Å². The SMILES string of the molecule is Cc1noc(C)c1C(=O)N1CCC(c2ncc(C(=O)O)s2)CC1. The van der Waals surface area contributed by atoms with Gasteiger partial charge in [-0.2, -0.15) is 0 Å². The normalized spacial score (nSPS) is 15.8. The van der Waals surface area contributed by atoms with Gasteiger partial charge in [-0.1, -0.05) is 5.16 Å². The zero-order valence-corrected chi connectivity index (χ0v) is 13.7. The van der Waals surface area contributed by atoms with Gasteiger partial charge >= 0.3 is 5.97 Å². The average Bonchev–Trinajstić information content (AvgIpc) is 3.14. The fraction of sp³-hybridized carbons (Fsp3) is 0.467. The Morgan fingerprint density at radius 3 is 2.57 bits per heavy atom. The maximum absolute atomic E-state index is 12.6. The first kappa shape index (κ1) is 15.7. The summed E-state index contributed by atoms with van der Waals surface area (Å²) in [6.07, 6.45) is 2.97. The second-order valence-corrected chi connectivity index (χ2v) is 6.70. The molecule has 1 aliphatic rings. The van der Waals surface area contributed by atoms with Gasteiger partial charge in [0.05, 0.1) is 16.9 Å². The number of thiazole rings is 1. The van der Waals surface area contributed by atoms with Crippen LogP contribution in [0.15, 0.2) is 10.7 Å². The fourth-order valence-electron chi connectivity index (χ4n) is 2.85. The van der Waals surface area contributed by atoms with Gasteiger partial charge in [0.1, 0.15) is 16.2 Å².